The number of carbonyl (C=O) groups is 1. The summed E-state index contributed by atoms with van der Waals surface area (Å²) >= 11 is 1.54. The van der Waals surface area contributed by atoms with Crippen LogP contribution in [0.2, 0.25) is 0 Å². The predicted molar refractivity (Wildman–Crippen MR) is 121 cm³/mol. The zero-order valence-corrected chi connectivity index (χ0v) is 16.9. The summed E-state index contributed by atoms with van der Waals surface area (Å²) in [5.41, 5.74) is 5.95. The van der Waals surface area contributed by atoms with E-state index in [2.05, 4.69) is 28.3 Å². The smallest absolute Gasteiger partial charge is 0.150 e. The van der Waals surface area contributed by atoms with Crippen LogP contribution in [0.3, 0.4) is 0 Å². The molecule has 2 N–H and O–H groups in total. The average molecular weight is 408 g/mol. The highest BCUT2D eigenvalue weighted by Crippen LogP contribution is 2.39. The van der Waals surface area contributed by atoms with E-state index < -0.39 is 0 Å². The van der Waals surface area contributed by atoms with Gasteiger partial charge in [-0.05, 0) is 48.4 Å². The Bertz CT molecular complexity index is 1470. The molecule has 0 bridgehead atoms. The second-order valence-electron chi connectivity index (χ2n) is 7.03. The van der Waals surface area contributed by atoms with Crippen LogP contribution < -0.4 is 5.32 Å². The van der Waals surface area contributed by atoms with Gasteiger partial charge >= 0.3 is 0 Å². The van der Waals surface area contributed by atoms with Gasteiger partial charge in [0, 0.05) is 44.8 Å². The number of nitrogens with one attached hydrogen (secondary N) is 2. The van der Waals surface area contributed by atoms with Crippen LogP contribution >= 0.6 is 11.3 Å². The molecule has 6 heteroatoms. The lowest BCUT2D eigenvalue weighted by Crippen LogP contribution is -1.97. The normalized spacial score (nSPS) is 10.9. The van der Waals surface area contributed by atoms with Crippen molar-refractivity contribution in [3.63, 3.8) is 0 Å². The maximum Gasteiger partial charge on any atom is 0.150 e. The van der Waals surface area contributed by atoms with E-state index in [9.17, 15) is 10.1 Å². The third kappa shape index (κ3) is 2.93. The number of fused-ring (bicyclic) bond motifs is 2. The lowest BCUT2D eigenvalue weighted by Gasteiger charge is -2.12. The Morgan fingerprint density at radius 1 is 1.17 bits per heavy atom. The number of thiophene rings is 1. The van der Waals surface area contributed by atoms with Crippen LogP contribution in [0.25, 0.3) is 31.6 Å². The van der Waals surface area contributed by atoms with E-state index in [-0.39, 0.29) is 0 Å². The maximum atomic E-state index is 11.2. The number of aldehydes is 1. The molecular weight excluding hydrogens is 392 g/mol. The molecule has 0 radical (unpaired) electrons. The first-order valence-corrected chi connectivity index (χ1v) is 10.2. The van der Waals surface area contributed by atoms with E-state index in [1.165, 1.54) is 0 Å². The molecule has 2 aromatic carbocycles. The quantitative estimate of drug-likeness (QED) is 0.348. The Labute approximate surface area is 176 Å². The van der Waals surface area contributed by atoms with Gasteiger partial charge in [-0.15, -0.1) is 11.3 Å². The molecule has 3 aromatic heterocycles. The van der Waals surface area contributed by atoms with Gasteiger partial charge in [0.05, 0.1) is 11.3 Å². The minimum Gasteiger partial charge on any atom is -0.361 e. The van der Waals surface area contributed by atoms with Crippen LogP contribution in [0.4, 0.5) is 11.4 Å². The minimum atomic E-state index is 0.488. The molecule has 0 aliphatic carbocycles. The molecule has 5 nitrogen and oxygen atoms in total. The fourth-order valence-electron chi connectivity index (χ4n) is 3.67. The molecule has 0 amide bonds. The number of anilines is 2. The molecule has 0 fully saturated rings. The van der Waals surface area contributed by atoms with Gasteiger partial charge in [0.15, 0.2) is 0 Å². The monoisotopic (exact) mass is 408 g/mol. The summed E-state index contributed by atoms with van der Waals surface area (Å²) in [5.74, 6) is 0. The Hall–Kier alpha value is -3.95. The van der Waals surface area contributed by atoms with Crippen molar-refractivity contribution in [3.8, 4) is 16.5 Å². The summed E-state index contributed by atoms with van der Waals surface area (Å²) in [4.78, 5) is 20.7. The zero-order valence-electron chi connectivity index (χ0n) is 16.1. The van der Waals surface area contributed by atoms with Crippen molar-refractivity contribution in [2.75, 3.05) is 5.32 Å². The number of carbonyl (C=O) groups excluding carboxylic acids is 1. The van der Waals surface area contributed by atoms with E-state index >= 15 is 0 Å². The van der Waals surface area contributed by atoms with Gasteiger partial charge in [-0.25, -0.2) is 4.98 Å². The Kier molecular flexibility index (Phi) is 4.31. The third-order valence-electron chi connectivity index (χ3n) is 5.25. The molecule has 5 rings (SSSR count). The highest BCUT2D eigenvalue weighted by Gasteiger charge is 2.15. The van der Waals surface area contributed by atoms with Gasteiger partial charge in [-0.1, -0.05) is 18.2 Å². The van der Waals surface area contributed by atoms with Crippen molar-refractivity contribution in [3.05, 3.63) is 77.6 Å². The molecule has 0 saturated carbocycles. The second kappa shape index (κ2) is 7.14. The first-order chi connectivity index (χ1) is 14.7. The van der Waals surface area contributed by atoms with Crippen LogP contribution in [0, 0.1) is 18.3 Å². The number of aryl methyl sites for hydroxylation is 1. The van der Waals surface area contributed by atoms with E-state index in [1.54, 1.807) is 23.6 Å². The molecule has 0 unspecified atom stereocenters. The van der Waals surface area contributed by atoms with E-state index in [1.807, 2.05) is 48.7 Å². The Morgan fingerprint density at radius 2 is 2.07 bits per heavy atom. The molecule has 0 aliphatic heterocycles. The Morgan fingerprint density at radius 3 is 2.90 bits per heavy atom. The maximum absolute atomic E-state index is 11.2. The molecule has 0 atom stereocenters. The molecule has 30 heavy (non-hydrogen) atoms. The first-order valence-electron chi connectivity index (χ1n) is 9.40. The Balaban J connectivity index is 1.66. The van der Waals surface area contributed by atoms with Gasteiger partial charge in [-0.3, -0.25) is 4.79 Å². The molecule has 5 aromatic rings. The lowest BCUT2D eigenvalue weighted by atomic mass is 10.1. The topological polar surface area (TPSA) is 81.6 Å². The van der Waals surface area contributed by atoms with Crippen molar-refractivity contribution in [2.45, 2.75) is 6.92 Å². The van der Waals surface area contributed by atoms with Crippen LogP contribution in [-0.2, 0) is 0 Å². The van der Waals surface area contributed by atoms with Crippen LogP contribution in [-0.4, -0.2) is 16.3 Å². The third-order valence-corrected chi connectivity index (χ3v) is 6.35. The average Bonchev–Trinajstić information content (AvgIpc) is 3.43. The van der Waals surface area contributed by atoms with Gasteiger partial charge in [0.1, 0.15) is 17.2 Å². The van der Waals surface area contributed by atoms with Crippen LogP contribution in [0.1, 0.15) is 21.5 Å². The van der Waals surface area contributed by atoms with Gasteiger partial charge in [-0.2, -0.15) is 5.26 Å². The largest absolute Gasteiger partial charge is 0.361 e. The molecule has 0 spiro atoms. The van der Waals surface area contributed by atoms with Crippen molar-refractivity contribution in [2.24, 2.45) is 0 Å². The number of aromatic nitrogens is 2. The van der Waals surface area contributed by atoms with Crippen molar-refractivity contribution < 1.29 is 4.79 Å². The van der Waals surface area contributed by atoms with Crippen molar-refractivity contribution in [1.29, 1.82) is 5.26 Å². The van der Waals surface area contributed by atoms with Crippen molar-refractivity contribution in [1.82, 2.24) is 9.97 Å². The molecular formula is C24H16N4OS. The summed E-state index contributed by atoms with van der Waals surface area (Å²) in [7, 11) is 0. The van der Waals surface area contributed by atoms with Crippen LogP contribution in [0.15, 0.2) is 60.9 Å². The number of hydrogen-bond acceptors (Lipinski definition) is 5. The number of rotatable bonds is 4. The number of benzene rings is 2. The number of nitrogens with zero attached hydrogens (tertiary/aromatic N) is 2. The van der Waals surface area contributed by atoms with Gasteiger partial charge in [0.2, 0.25) is 0 Å². The fraction of sp³-hybridized carbons (Fsp3) is 0.0417. The minimum absolute atomic E-state index is 0.488. The van der Waals surface area contributed by atoms with E-state index in [0.29, 0.717) is 11.1 Å². The molecule has 0 aliphatic rings. The summed E-state index contributed by atoms with van der Waals surface area (Å²) in [6.45, 7) is 2.06. The van der Waals surface area contributed by atoms with Gasteiger partial charge < -0.3 is 10.3 Å². The number of hydrogen-bond donors (Lipinski definition) is 2. The highest BCUT2D eigenvalue weighted by atomic mass is 32.1. The highest BCUT2D eigenvalue weighted by molar-refractivity contribution is 7.22. The number of H-pyrrole nitrogens is 1. The summed E-state index contributed by atoms with van der Waals surface area (Å²) < 4.78 is 0. The first kappa shape index (κ1) is 18.1. The number of nitriles is 1. The van der Waals surface area contributed by atoms with Gasteiger partial charge in [0.25, 0.3) is 0 Å². The summed E-state index contributed by atoms with van der Waals surface area (Å²) in [6, 6.07) is 17.9. The van der Waals surface area contributed by atoms with E-state index in [0.717, 1.165) is 54.8 Å². The summed E-state index contributed by atoms with van der Waals surface area (Å²) in [6.07, 6.45) is 4.37. The molecule has 0 saturated heterocycles. The molecule has 3 heterocycles. The zero-order chi connectivity index (χ0) is 20.7. The van der Waals surface area contributed by atoms with Crippen molar-refractivity contribution >= 4 is 50.1 Å². The number of pyridine rings is 1. The van der Waals surface area contributed by atoms with E-state index in [4.69, 9.17) is 0 Å². The SMILES string of the molecule is Cc1c(Nc2c(C#N)cnc3sc(-c4cccc(C=O)c4)cc23)ccc2[nH]ccc12. The summed E-state index contributed by atoms with van der Waals surface area (Å²) in [5, 5.41) is 15.2. The molecule has 144 valence electrons. The fourth-order valence-corrected chi connectivity index (χ4v) is 4.68. The lowest BCUT2D eigenvalue weighted by molar-refractivity contribution is 0.112. The predicted octanol–water partition coefficient (Wildman–Crippen LogP) is 6.18. The second-order valence-corrected chi connectivity index (χ2v) is 8.06. The number of aromatic amines is 1. The standard InChI is InChI=1S/C24H16N4OS/c1-14-18-7-8-26-21(18)6-5-20(14)28-23-17(11-25)12-27-24-19(23)10-22(30-24)16-4-2-3-15(9-16)13-29/h2-10,12-13,26H,1H3,(H,27,28). The van der Waals surface area contributed by atoms with Crippen LogP contribution in [0.5, 0.6) is 0 Å².